The van der Waals surface area contributed by atoms with Gasteiger partial charge < -0.3 is 24.2 Å². The summed E-state index contributed by atoms with van der Waals surface area (Å²) in [5, 5.41) is 7.09. The van der Waals surface area contributed by atoms with Crippen LogP contribution in [0.2, 0.25) is 0 Å². The third-order valence-electron chi connectivity index (χ3n) is 6.13. The molecule has 0 aliphatic carbocycles. The zero-order valence-corrected chi connectivity index (χ0v) is 18.7. The van der Waals surface area contributed by atoms with Gasteiger partial charge in [-0.05, 0) is 49.6 Å². The molecule has 3 aromatic rings. The van der Waals surface area contributed by atoms with E-state index < -0.39 is 0 Å². The summed E-state index contributed by atoms with van der Waals surface area (Å²) in [6.45, 7) is 5.19. The fourth-order valence-corrected chi connectivity index (χ4v) is 4.01. The van der Waals surface area contributed by atoms with Crippen molar-refractivity contribution in [3.05, 3.63) is 65.5 Å². The molecule has 0 unspecified atom stereocenters. The minimum absolute atomic E-state index is 0.00808. The lowest BCUT2D eigenvalue weighted by molar-refractivity contribution is 0.0443. The van der Waals surface area contributed by atoms with Crippen molar-refractivity contribution in [1.29, 1.82) is 0 Å². The zero-order chi connectivity index (χ0) is 22.6. The van der Waals surface area contributed by atoms with Crippen molar-refractivity contribution in [2.24, 2.45) is 0 Å². The van der Waals surface area contributed by atoms with Crippen LogP contribution in [-0.2, 0) is 11.3 Å². The molecule has 2 fully saturated rings. The summed E-state index contributed by atoms with van der Waals surface area (Å²) >= 11 is 0. The van der Waals surface area contributed by atoms with Gasteiger partial charge in [-0.25, -0.2) is 4.79 Å². The first-order valence-electron chi connectivity index (χ1n) is 11.4. The van der Waals surface area contributed by atoms with Crippen LogP contribution in [-0.4, -0.2) is 53.5 Å². The predicted octanol–water partition coefficient (Wildman–Crippen LogP) is 3.91. The molecule has 3 heterocycles. The third-order valence-corrected chi connectivity index (χ3v) is 6.13. The van der Waals surface area contributed by atoms with Gasteiger partial charge in [-0.3, -0.25) is 0 Å². The predicted molar refractivity (Wildman–Crippen MR) is 122 cm³/mol. The number of nitrogens with zero attached hydrogens (tertiary/aromatic N) is 3. The number of urea groups is 1. The largest absolute Gasteiger partial charge is 0.487 e. The van der Waals surface area contributed by atoms with Crippen molar-refractivity contribution in [1.82, 2.24) is 20.4 Å². The number of benzene rings is 2. The van der Waals surface area contributed by atoms with Crippen LogP contribution in [0.15, 0.2) is 53.1 Å². The number of aromatic nitrogens is 2. The molecule has 2 aliphatic heterocycles. The lowest BCUT2D eigenvalue weighted by Crippen LogP contribution is -2.58. The Hall–Kier alpha value is -3.39. The first-order valence-corrected chi connectivity index (χ1v) is 11.4. The van der Waals surface area contributed by atoms with Gasteiger partial charge in [0.05, 0.1) is 13.1 Å². The van der Waals surface area contributed by atoms with Crippen molar-refractivity contribution in [2.45, 2.75) is 38.3 Å². The number of ether oxygens (including phenoxy) is 2. The Kier molecular flexibility index (Phi) is 6.26. The zero-order valence-electron chi connectivity index (χ0n) is 18.7. The maximum absolute atomic E-state index is 12.3. The monoisotopic (exact) mass is 448 g/mol. The summed E-state index contributed by atoms with van der Waals surface area (Å²) < 4.78 is 16.9. The normalized spacial score (nSPS) is 16.9. The molecule has 33 heavy (non-hydrogen) atoms. The van der Waals surface area contributed by atoms with Gasteiger partial charge in [-0.2, -0.15) is 4.98 Å². The maximum atomic E-state index is 12.3. The second-order valence-electron chi connectivity index (χ2n) is 8.66. The van der Waals surface area contributed by atoms with Crippen LogP contribution in [0.5, 0.6) is 5.75 Å². The van der Waals surface area contributed by atoms with E-state index in [0.717, 1.165) is 42.9 Å². The second kappa shape index (κ2) is 9.62. The highest BCUT2D eigenvalue weighted by molar-refractivity contribution is 5.75. The molecule has 1 aromatic heterocycles. The Labute approximate surface area is 192 Å². The van der Waals surface area contributed by atoms with Crippen LogP contribution >= 0.6 is 0 Å². The Morgan fingerprint density at radius 1 is 1.09 bits per heavy atom. The van der Waals surface area contributed by atoms with Gasteiger partial charge in [0.1, 0.15) is 11.9 Å². The van der Waals surface area contributed by atoms with Crippen molar-refractivity contribution >= 4 is 6.03 Å². The van der Waals surface area contributed by atoms with Crippen molar-refractivity contribution < 1.29 is 18.8 Å². The van der Waals surface area contributed by atoms with E-state index in [2.05, 4.69) is 15.5 Å². The van der Waals surface area contributed by atoms with Crippen LogP contribution in [0, 0.1) is 6.92 Å². The van der Waals surface area contributed by atoms with Crippen LogP contribution < -0.4 is 10.1 Å². The van der Waals surface area contributed by atoms with Crippen LogP contribution in [0.25, 0.3) is 11.4 Å². The van der Waals surface area contributed by atoms with E-state index in [0.29, 0.717) is 31.3 Å². The molecule has 5 rings (SSSR count). The fourth-order valence-electron chi connectivity index (χ4n) is 4.01. The number of hydrogen-bond donors (Lipinski definition) is 1. The molecule has 0 radical (unpaired) electrons. The molecule has 8 heteroatoms. The van der Waals surface area contributed by atoms with Gasteiger partial charge in [0.2, 0.25) is 11.7 Å². The highest BCUT2D eigenvalue weighted by Gasteiger charge is 2.32. The first kappa shape index (κ1) is 21.5. The molecule has 2 aliphatic rings. The molecule has 2 saturated heterocycles. The van der Waals surface area contributed by atoms with E-state index in [9.17, 15) is 4.79 Å². The average Bonchev–Trinajstić information content (AvgIpc) is 3.32. The number of carbonyl (C=O) groups excluding carboxylic acids is 1. The number of likely N-dealkylation sites (tertiary alicyclic amines) is 1. The Balaban J connectivity index is 1.08. The quantitative estimate of drug-likeness (QED) is 0.615. The van der Waals surface area contributed by atoms with Crippen molar-refractivity contribution in [2.75, 3.05) is 26.3 Å². The average molecular weight is 449 g/mol. The van der Waals surface area contributed by atoms with Crippen LogP contribution in [0.4, 0.5) is 4.79 Å². The number of amides is 2. The van der Waals surface area contributed by atoms with Crippen LogP contribution in [0.3, 0.4) is 0 Å². The molecular formula is C25H28N4O4. The second-order valence-corrected chi connectivity index (χ2v) is 8.66. The molecule has 0 bridgehead atoms. The molecule has 1 N–H and O–H groups in total. The number of nitrogens with one attached hydrogen (secondary N) is 1. The van der Waals surface area contributed by atoms with Gasteiger partial charge in [-0.1, -0.05) is 35.0 Å². The fraction of sp³-hybridized carbons (Fsp3) is 0.400. The van der Waals surface area contributed by atoms with Gasteiger partial charge >= 0.3 is 6.03 Å². The Bertz CT molecular complexity index is 1070. The minimum Gasteiger partial charge on any atom is -0.487 e. The Morgan fingerprint density at radius 2 is 1.82 bits per heavy atom. The smallest absolute Gasteiger partial charge is 0.317 e. The lowest BCUT2D eigenvalue weighted by Gasteiger charge is -2.38. The minimum atomic E-state index is -0.0665. The molecule has 172 valence electrons. The third kappa shape index (κ3) is 5.17. The summed E-state index contributed by atoms with van der Waals surface area (Å²) in [4.78, 5) is 18.6. The van der Waals surface area contributed by atoms with Crippen molar-refractivity contribution in [3.63, 3.8) is 0 Å². The van der Waals surface area contributed by atoms with E-state index >= 15 is 0 Å². The van der Waals surface area contributed by atoms with E-state index in [1.54, 1.807) is 4.90 Å². The topological polar surface area (TPSA) is 89.7 Å². The number of aryl methyl sites for hydroxylation is 1. The number of carbonyl (C=O) groups is 1. The van der Waals surface area contributed by atoms with E-state index in [-0.39, 0.29) is 18.1 Å². The first-order chi connectivity index (χ1) is 16.1. The molecule has 0 spiro atoms. The molecular weight excluding hydrogens is 420 g/mol. The van der Waals surface area contributed by atoms with Gasteiger partial charge in [-0.15, -0.1) is 0 Å². The summed E-state index contributed by atoms with van der Waals surface area (Å²) in [6, 6.07) is 15.7. The van der Waals surface area contributed by atoms with Gasteiger partial charge in [0.25, 0.3) is 0 Å². The highest BCUT2D eigenvalue weighted by Crippen LogP contribution is 2.28. The Morgan fingerprint density at radius 3 is 2.55 bits per heavy atom. The SMILES string of the molecule is Cc1ccc(CNC(=O)N2CC(Oc3ccc(-c4noc(C5CCOCC5)n4)cc3)C2)cc1. The maximum Gasteiger partial charge on any atom is 0.317 e. The molecule has 0 atom stereocenters. The molecule has 2 amide bonds. The van der Waals surface area contributed by atoms with Crippen molar-refractivity contribution in [3.8, 4) is 17.1 Å². The lowest BCUT2D eigenvalue weighted by atomic mass is 10.0. The summed E-state index contributed by atoms with van der Waals surface area (Å²) in [5.74, 6) is 2.31. The standard InChI is InChI=1S/C25H28N4O4/c1-17-2-4-18(5-3-17)14-26-25(30)29-15-22(16-29)32-21-8-6-19(7-9-21)23-27-24(33-28-23)20-10-12-31-13-11-20/h2-9,20,22H,10-16H2,1H3,(H,26,30). The van der Waals surface area contributed by atoms with Gasteiger partial charge in [0.15, 0.2) is 0 Å². The van der Waals surface area contributed by atoms with Crippen LogP contribution in [0.1, 0.15) is 35.8 Å². The molecule has 8 nitrogen and oxygen atoms in total. The van der Waals surface area contributed by atoms with E-state index in [1.165, 1.54) is 5.56 Å². The summed E-state index contributed by atoms with van der Waals surface area (Å²) in [5.41, 5.74) is 3.18. The molecule has 2 aromatic carbocycles. The molecule has 0 saturated carbocycles. The number of hydrogen-bond acceptors (Lipinski definition) is 6. The number of rotatable bonds is 6. The van der Waals surface area contributed by atoms with E-state index in [4.69, 9.17) is 14.0 Å². The van der Waals surface area contributed by atoms with E-state index in [1.807, 2.05) is 55.5 Å². The summed E-state index contributed by atoms with van der Waals surface area (Å²) in [7, 11) is 0. The summed E-state index contributed by atoms with van der Waals surface area (Å²) in [6.07, 6.45) is 1.82. The highest BCUT2D eigenvalue weighted by atomic mass is 16.5. The van der Waals surface area contributed by atoms with Gasteiger partial charge in [0, 0.05) is 31.2 Å².